The molecule has 0 aromatic heterocycles. The molecule has 0 bridgehead atoms. The summed E-state index contributed by atoms with van der Waals surface area (Å²) in [7, 11) is 3.21. The molecule has 0 aliphatic carbocycles. The van der Waals surface area contributed by atoms with E-state index < -0.39 is 5.24 Å². The molecule has 156 valence electrons. The number of benzene rings is 3. The van der Waals surface area contributed by atoms with E-state index in [9.17, 15) is 4.79 Å². The first-order valence-electron chi connectivity index (χ1n) is 9.05. The summed E-state index contributed by atoms with van der Waals surface area (Å²) >= 11 is 12.0. The Balaban J connectivity index is 1.80. The van der Waals surface area contributed by atoms with Gasteiger partial charge in [-0.1, -0.05) is 35.9 Å². The predicted octanol–water partition coefficient (Wildman–Crippen LogP) is 5.89. The van der Waals surface area contributed by atoms with Crippen LogP contribution < -0.4 is 18.9 Å². The summed E-state index contributed by atoms with van der Waals surface area (Å²) in [5, 5.41) is -0.563. The van der Waals surface area contributed by atoms with Gasteiger partial charge in [0.25, 0.3) is 5.24 Å². The van der Waals surface area contributed by atoms with Gasteiger partial charge in [-0.25, -0.2) is 0 Å². The van der Waals surface area contributed by atoms with Gasteiger partial charge in [-0.3, -0.25) is 4.79 Å². The van der Waals surface area contributed by atoms with Gasteiger partial charge in [0, 0.05) is 0 Å². The SMILES string of the molecule is COc1ccc(COc2ccc(C(=O)Cl)c(Cl)c2OCc2ccc(OC)cc2)cc1. The van der Waals surface area contributed by atoms with Crippen LogP contribution in [0.1, 0.15) is 21.5 Å². The van der Waals surface area contributed by atoms with Gasteiger partial charge in [0.15, 0.2) is 11.5 Å². The third-order valence-electron chi connectivity index (χ3n) is 4.37. The van der Waals surface area contributed by atoms with Crippen LogP contribution in [-0.4, -0.2) is 19.5 Å². The van der Waals surface area contributed by atoms with E-state index in [1.165, 1.54) is 6.07 Å². The van der Waals surface area contributed by atoms with Crippen molar-refractivity contribution in [2.24, 2.45) is 0 Å². The molecule has 0 heterocycles. The van der Waals surface area contributed by atoms with Gasteiger partial charge < -0.3 is 18.9 Å². The van der Waals surface area contributed by atoms with E-state index in [4.69, 9.17) is 42.1 Å². The van der Waals surface area contributed by atoms with Crippen LogP contribution in [0.25, 0.3) is 0 Å². The Labute approximate surface area is 185 Å². The average molecular weight is 447 g/mol. The molecule has 0 fully saturated rings. The molecule has 3 rings (SSSR count). The van der Waals surface area contributed by atoms with Gasteiger partial charge >= 0.3 is 0 Å². The summed E-state index contributed by atoms with van der Waals surface area (Å²) in [6.07, 6.45) is 0. The van der Waals surface area contributed by atoms with Crippen LogP contribution in [0.4, 0.5) is 0 Å². The summed E-state index contributed by atoms with van der Waals surface area (Å²) in [6.45, 7) is 0.510. The third kappa shape index (κ3) is 5.38. The maximum atomic E-state index is 11.7. The fraction of sp³-hybridized carbons (Fsp3) is 0.174. The van der Waals surface area contributed by atoms with Crippen molar-refractivity contribution in [1.29, 1.82) is 0 Å². The van der Waals surface area contributed by atoms with Crippen molar-refractivity contribution in [2.45, 2.75) is 13.2 Å². The van der Waals surface area contributed by atoms with Crippen LogP contribution in [0.3, 0.4) is 0 Å². The van der Waals surface area contributed by atoms with Gasteiger partial charge in [0.05, 0.1) is 24.8 Å². The average Bonchev–Trinajstić information content (AvgIpc) is 2.77. The predicted molar refractivity (Wildman–Crippen MR) is 116 cm³/mol. The first-order valence-corrected chi connectivity index (χ1v) is 9.81. The Morgan fingerprint density at radius 2 is 1.27 bits per heavy atom. The minimum atomic E-state index is -0.670. The van der Waals surface area contributed by atoms with Crippen LogP contribution in [0.5, 0.6) is 23.0 Å². The maximum Gasteiger partial charge on any atom is 0.254 e. The van der Waals surface area contributed by atoms with Crippen molar-refractivity contribution in [3.63, 3.8) is 0 Å². The number of halogens is 2. The minimum Gasteiger partial charge on any atom is -0.497 e. The molecule has 0 aliphatic rings. The van der Waals surface area contributed by atoms with Crippen LogP contribution >= 0.6 is 23.2 Å². The highest BCUT2D eigenvalue weighted by Crippen LogP contribution is 2.39. The molecule has 0 unspecified atom stereocenters. The topological polar surface area (TPSA) is 54.0 Å². The molecule has 7 heteroatoms. The Kier molecular flexibility index (Phi) is 7.44. The molecule has 30 heavy (non-hydrogen) atoms. The Bertz CT molecular complexity index is 1000. The molecule has 3 aromatic carbocycles. The molecule has 0 amide bonds. The second kappa shape index (κ2) is 10.2. The summed E-state index contributed by atoms with van der Waals surface area (Å²) in [5.41, 5.74) is 1.99. The first-order chi connectivity index (χ1) is 14.5. The zero-order valence-corrected chi connectivity index (χ0v) is 18.0. The molecule has 5 nitrogen and oxygen atoms in total. The van der Waals surface area contributed by atoms with Crippen LogP contribution in [0.15, 0.2) is 60.7 Å². The summed E-state index contributed by atoms with van der Waals surface area (Å²) in [5.74, 6) is 2.17. The van der Waals surface area contributed by atoms with Crippen molar-refractivity contribution >= 4 is 28.4 Å². The molecule has 0 saturated carbocycles. The van der Waals surface area contributed by atoms with Crippen molar-refractivity contribution in [1.82, 2.24) is 0 Å². The molecule has 0 spiro atoms. The summed E-state index contributed by atoms with van der Waals surface area (Å²) in [6, 6.07) is 18.0. The molecular formula is C23H20Cl2O5. The third-order valence-corrected chi connectivity index (χ3v) is 4.95. The summed E-state index contributed by atoms with van der Waals surface area (Å²) in [4.78, 5) is 11.7. The molecular weight excluding hydrogens is 427 g/mol. The number of ether oxygens (including phenoxy) is 4. The monoisotopic (exact) mass is 446 g/mol. The highest BCUT2D eigenvalue weighted by atomic mass is 35.5. The second-order valence-corrected chi connectivity index (χ2v) is 7.02. The standard InChI is InChI=1S/C23H20Cl2O5/c1-27-17-7-3-15(4-8-17)13-29-20-12-11-19(23(25)26)21(24)22(20)30-14-16-5-9-18(28-2)10-6-16/h3-12H,13-14H2,1-2H3. The molecule has 0 aliphatic heterocycles. The molecule has 3 aromatic rings. The van der Waals surface area contributed by atoms with E-state index in [0.29, 0.717) is 5.75 Å². The van der Waals surface area contributed by atoms with Gasteiger partial charge in [0.1, 0.15) is 24.7 Å². The fourth-order valence-electron chi connectivity index (χ4n) is 2.70. The van der Waals surface area contributed by atoms with Crippen molar-refractivity contribution in [3.05, 3.63) is 82.4 Å². The van der Waals surface area contributed by atoms with Gasteiger partial charge in [-0.05, 0) is 59.1 Å². The maximum absolute atomic E-state index is 11.7. The van der Waals surface area contributed by atoms with E-state index in [-0.39, 0.29) is 29.5 Å². The first kappa shape index (κ1) is 21.8. The van der Waals surface area contributed by atoms with Crippen LogP contribution in [-0.2, 0) is 13.2 Å². The Morgan fingerprint density at radius 1 is 0.767 bits per heavy atom. The normalized spacial score (nSPS) is 10.4. The zero-order valence-electron chi connectivity index (χ0n) is 16.5. The fourth-order valence-corrected chi connectivity index (χ4v) is 3.20. The van der Waals surface area contributed by atoms with E-state index in [1.54, 1.807) is 20.3 Å². The second-order valence-electron chi connectivity index (χ2n) is 6.30. The number of carbonyl (C=O) groups is 1. The number of hydrogen-bond donors (Lipinski definition) is 0. The largest absolute Gasteiger partial charge is 0.497 e. The van der Waals surface area contributed by atoms with E-state index in [0.717, 1.165) is 22.6 Å². The molecule has 0 radical (unpaired) electrons. The zero-order chi connectivity index (χ0) is 21.5. The van der Waals surface area contributed by atoms with E-state index >= 15 is 0 Å². The smallest absolute Gasteiger partial charge is 0.254 e. The minimum absolute atomic E-state index is 0.107. The van der Waals surface area contributed by atoms with Gasteiger partial charge in [-0.2, -0.15) is 0 Å². The lowest BCUT2D eigenvalue weighted by Crippen LogP contribution is -2.03. The lowest BCUT2D eigenvalue weighted by Gasteiger charge is -2.16. The number of hydrogen-bond acceptors (Lipinski definition) is 5. The highest BCUT2D eigenvalue weighted by Gasteiger charge is 2.18. The van der Waals surface area contributed by atoms with E-state index in [1.807, 2.05) is 48.5 Å². The quantitative estimate of drug-likeness (QED) is 0.383. The number of rotatable bonds is 9. The van der Waals surface area contributed by atoms with Gasteiger partial charge in [-0.15, -0.1) is 0 Å². The highest BCUT2D eigenvalue weighted by molar-refractivity contribution is 6.68. The molecule has 0 atom stereocenters. The molecule has 0 N–H and O–H groups in total. The van der Waals surface area contributed by atoms with Gasteiger partial charge in [0.2, 0.25) is 0 Å². The van der Waals surface area contributed by atoms with Crippen LogP contribution in [0, 0.1) is 0 Å². The lowest BCUT2D eigenvalue weighted by molar-refractivity contribution is 0.108. The van der Waals surface area contributed by atoms with Crippen molar-refractivity contribution in [3.8, 4) is 23.0 Å². The van der Waals surface area contributed by atoms with Crippen molar-refractivity contribution in [2.75, 3.05) is 14.2 Å². The lowest BCUT2D eigenvalue weighted by atomic mass is 10.2. The van der Waals surface area contributed by atoms with Crippen LogP contribution in [0.2, 0.25) is 5.02 Å². The van der Waals surface area contributed by atoms with E-state index in [2.05, 4.69) is 0 Å². The Morgan fingerprint density at radius 3 is 1.73 bits per heavy atom. The number of methoxy groups -OCH3 is 2. The summed E-state index contributed by atoms with van der Waals surface area (Å²) < 4.78 is 22.1. The Hall–Kier alpha value is -2.89. The molecule has 0 saturated heterocycles. The number of carbonyl (C=O) groups excluding carboxylic acids is 1. The van der Waals surface area contributed by atoms with Crippen molar-refractivity contribution < 1.29 is 23.7 Å².